The molecule has 5 heteroatoms. The molecule has 0 radical (unpaired) electrons. The van der Waals surface area contributed by atoms with Crippen LogP contribution < -0.4 is 5.32 Å². The number of hydrogen-bond donors (Lipinski definition) is 1. The summed E-state index contributed by atoms with van der Waals surface area (Å²) in [4.78, 5) is 0. The number of nitrogens with one attached hydrogen (secondary N) is 1. The van der Waals surface area contributed by atoms with Crippen LogP contribution in [0.25, 0.3) is 0 Å². The van der Waals surface area contributed by atoms with Crippen LogP contribution in [-0.4, -0.2) is 33.1 Å². The summed E-state index contributed by atoms with van der Waals surface area (Å²) < 4.78 is 2.45. The van der Waals surface area contributed by atoms with Gasteiger partial charge in [0, 0.05) is 23.8 Å². The highest BCUT2D eigenvalue weighted by atomic mass is 32.2. The van der Waals surface area contributed by atoms with Gasteiger partial charge < -0.3 is 9.88 Å². The van der Waals surface area contributed by atoms with E-state index >= 15 is 0 Å². The summed E-state index contributed by atoms with van der Waals surface area (Å²) in [6.07, 6.45) is 5.22. The van der Waals surface area contributed by atoms with Crippen molar-refractivity contribution < 1.29 is 0 Å². The van der Waals surface area contributed by atoms with Crippen molar-refractivity contribution in [2.45, 2.75) is 76.5 Å². The highest BCUT2D eigenvalue weighted by Gasteiger charge is 2.36. The van der Waals surface area contributed by atoms with E-state index in [1.165, 1.54) is 31.5 Å². The molecule has 1 atom stereocenters. The summed E-state index contributed by atoms with van der Waals surface area (Å²) in [6, 6.07) is 1.19. The van der Waals surface area contributed by atoms with Crippen LogP contribution in [0, 0.1) is 5.41 Å². The van der Waals surface area contributed by atoms with Crippen molar-refractivity contribution in [2.24, 2.45) is 5.41 Å². The minimum Gasteiger partial charge on any atom is -0.313 e. The highest BCUT2D eigenvalue weighted by Crippen LogP contribution is 2.46. The topological polar surface area (TPSA) is 42.7 Å². The zero-order chi connectivity index (χ0) is 15.0. The largest absolute Gasteiger partial charge is 0.313 e. The van der Waals surface area contributed by atoms with Gasteiger partial charge in [0.05, 0.1) is 0 Å². The van der Waals surface area contributed by atoms with Gasteiger partial charge >= 0.3 is 0 Å². The van der Waals surface area contributed by atoms with Crippen LogP contribution in [0.15, 0.2) is 5.16 Å². The number of rotatable bonds is 7. The molecule has 2 aliphatic rings. The third-order valence-corrected chi connectivity index (χ3v) is 5.46. The molecule has 118 valence electrons. The Bertz CT molecular complexity index is 483. The second kappa shape index (κ2) is 5.92. The molecule has 2 aliphatic carbocycles. The van der Waals surface area contributed by atoms with Crippen LogP contribution in [-0.2, 0) is 0 Å². The standard InChI is InChI=1S/C16H28N4S/c1-5-17-13(16(2,3)4)10-21-15-19-18-14(11-6-7-11)20(15)12-8-9-12/h11-13,17H,5-10H2,1-4H3. The van der Waals surface area contributed by atoms with Crippen molar-refractivity contribution in [1.82, 2.24) is 20.1 Å². The van der Waals surface area contributed by atoms with Crippen molar-refractivity contribution in [3.05, 3.63) is 5.82 Å². The lowest BCUT2D eigenvalue weighted by Gasteiger charge is -2.31. The Morgan fingerprint density at radius 3 is 2.48 bits per heavy atom. The molecule has 0 aliphatic heterocycles. The second-order valence-electron chi connectivity index (χ2n) is 7.50. The molecule has 21 heavy (non-hydrogen) atoms. The fraction of sp³-hybridized carbons (Fsp3) is 0.875. The van der Waals surface area contributed by atoms with Gasteiger partial charge in [0.2, 0.25) is 0 Å². The molecule has 2 saturated carbocycles. The van der Waals surface area contributed by atoms with Crippen LogP contribution in [0.2, 0.25) is 0 Å². The van der Waals surface area contributed by atoms with Crippen molar-refractivity contribution in [2.75, 3.05) is 12.3 Å². The summed E-state index contributed by atoms with van der Waals surface area (Å²) in [5.41, 5.74) is 0.271. The molecule has 2 fully saturated rings. The predicted molar refractivity (Wildman–Crippen MR) is 87.9 cm³/mol. The summed E-state index contributed by atoms with van der Waals surface area (Å²) >= 11 is 1.88. The van der Waals surface area contributed by atoms with Gasteiger partial charge in [0.25, 0.3) is 0 Å². The molecule has 0 spiro atoms. The number of hydrogen-bond acceptors (Lipinski definition) is 4. The average molecular weight is 308 g/mol. The third kappa shape index (κ3) is 3.62. The minimum absolute atomic E-state index is 0.271. The second-order valence-corrected chi connectivity index (χ2v) is 8.49. The third-order valence-electron chi connectivity index (χ3n) is 4.42. The zero-order valence-electron chi connectivity index (χ0n) is 13.7. The molecule has 3 rings (SSSR count). The summed E-state index contributed by atoms with van der Waals surface area (Å²) in [7, 11) is 0. The first-order valence-electron chi connectivity index (χ1n) is 8.31. The smallest absolute Gasteiger partial charge is 0.191 e. The van der Waals surface area contributed by atoms with Crippen molar-refractivity contribution in [1.29, 1.82) is 0 Å². The monoisotopic (exact) mass is 308 g/mol. The number of aromatic nitrogens is 3. The Balaban J connectivity index is 1.69. The average Bonchev–Trinajstić information content (AvgIpc) is 3.31. The van der Waals surface area contributed by atoms with Crippen LogP contribution in [0.4, 0.5) is 0 Å². The maximum atomic E-state index is 4.50. The summed E-state index contributed by atoms with van der Waals surface area (Å²) in [6.45, 7) is 10.1. The van der Waals surface area contributed by atoms with E-state index in [0.717, 1.165) is 17.5 Å². The lowest BCUT2D eigenvalue weighted by atomic mass is 9.88. The van der Waals surface area contributed by atoms with Crippen LogP contribution in [0.5, 0.6) is 0 Å². The molecule has 0 amide bonds. The van der Waals surface area contributed by atoms with Gasteiger partial charge in [-0.3, -0.25) is 0 Å². The molecule has 0 bridgehead atoms. The molecule has 1 aromatic rings. The number of thioether (sulfide) groups is 1. The van der Waals surface area contributed by atoms with Crippen LogP contribution in [0.1, 0.15) is 71.2 Å². The van der Waals surface area contributed by atoms with E-state index in [4.69, 9.17) is 0 Å². The van der Waals surface area contributed by atoms with E-state index in [1.807, 2.05) is 11.8 Å². The van der Waals surface area contributed by atoms with Gasteiger partial charge in [-0.15, -0.1) is 10.2 Å². The Hall–Kier alpha value is -0.550. The van der Waals surface area contributed by atoms with Crippen molar-refractivity contribution in [3.8, 4) is 0 Å². The highest BCUT2D eigenvalue weighted by molar-refractivity contribution is 7.99. The fourth-order valence-corrected chi connectivity index (χ4v) is 4.12. The maximum absolute atomic E-state index is 4.50. The first-order chi connectivity index (χ1) is 10.0. The minimum atomic E-state index is 0.271. The first kappa shape index (κ1) is 15.3. The molecule has 1 aromatic heterocycles. The van der Waals surface area contributed by atoms with Gasteiger partial charge in [-0.2, -0.15) is 0 Å². The van der Waals surface area contributed by atoms with Crippen molar-refractivity contribution >= 4 is 11.8 Å². The zero-order valence-corrected chi connectivity index (χ0v) is 14.5. The summed E-state index contributed by atoms with van der Waals surface area (Å²) in [5.74, 6) is 3.02. The van der Waals surface area contributed by atoms with Gasteiger partial charge in [-0.05, 0) is 37.6 Å². The molecule has 1 heterocycles. The van der Waals surface area contributed by atoms with E-state index in [9.17, 15) is 0 Å². The van der Waals surface area contributed by atoms with Gasteiger partial charge in [0.1, 0.15) is 5.82 Å². The molecule has 1 N–H and O–H groups in total. The molecule has 0 saturated heterocycles. The number of nitrogens with zero attached hydrogens (tertiary/aromatic N) is 3. The van der Waals surface area contributed by atoms with E-state index in [-0.39, 0.29) is 5.41 Å². The van der Waals surface area contributed by atoms with E-state index in [0.29, 0.717) is 18.0 Å². The van der Waals surface area contributed by atoms with Gasteiger partial charge in [-0.1, -0.05) is 39.5 Å². The van der Waals surface area contributed by atoms with Crippen LogP contribution >= 0.6 is 11.8 Å². The fourth-order valence-electron chi connectivity index (χ4n) is 2.70. The Morgan fingerprint density at radius 1 is 1.24 bits per heavy atom. The lowest BCUT2D eigenvalue weighted by molar-refractivity contribution is 0.295. The first-order valence-corrected chi connectivity index (χ1v) is 9.30. The van der Waals surface area contributed by atoms with E-state index in [1.54, 1.807) is 0 Å². The van der Waals surface area contributed by atoms with E-state index in [2.05, 4.69) is 47.8 Å². The Labute approximate surface area is 132 Å². The molecular weight excluding hydrogens is 280 g/mol. The molecule has 0 aromatic carbocycles. The Morgan fingerprint density at radius 2 is 1.95 bits per heavy atom. The predicted octanol–water partition coefficient (Wildman–Crippen LogP) is 3.61. The van der Waals surface area contributed by atoms with E-state index < -0.39 is 0 Å². The van der Waals surface area contributed by atoms with Crippen molar-refractivity contribution in [3.63, 3.8) is 0 Å². The maximum Gasteiger partial charge on any atom is 0.191 e. The van der Waals surface area contributed by atoms with Crippen LogP contribution in [0.3, 0.4) is 0 Å². The lowest BCUT2D eigenvalue weighted by Crippen LogP contribution is -2.42. The molecular formula is C16H28N4S. The normalized spacial score (nSPS) is 20.8. The quantitative estimate of drug-likeness (QED) is 0.782. The summed E-state index contributed by atoms with van der Waals surface area (Å²) in [5, 5.41) is 13.8. The SMILES string of the molecule is CCNC(CSc1nnc(C2CC2)n1C1CC1)C(C)(C)C. The molecule has 4 nitrogen and oxygen atoms in total. The Kier molecular flexibility index (Phi) is 4.33. The molecule has 1 unspecified atom stereocenters. The van der Waals surface area contributed by atoms with Gasteiger partial charge in [-0.25, -0.2) is 0 Å². The van der Waals surface area contributed by atoms with Gasteiger partial charge in [0.15, 0.2) is 5.16 Å².